The lowest BCUT2D eigenvalue weighted by molar-refractivity contribution is -0.126. The molecule has 4 nitrogen and oxygen atoms in total. The molecular formula is C24H28F2N2O2. The monoisotopic (exact) mass is 414 g/mol. The molecule has 4 rings (SSSR count). The summed E-state index contributed by atoms with van der Waals surface area (Å²) in [4.78, 5) is 15.2. The summed E-state index contributed by atoms with van der Waals surface area (Å²) in [5.41, 5.74) is 1.61. The van der Waals surface area contributed by atoms with E-state index in [4.69, 9.17) is 4.74 Å². The van der Waals surface area contributed by atoms with Gasteiger partial charge in [0.15, 0.2) is 0 Å². The van der Waals surface area contributed by atoms with Crippen LogP contribution in [0, 0.1) is 11.6 Å². The second-order valence-corrected chi connectivity index (χ2v) is 8.38. The number of halogens is 2. The van der Waals surface area contributed by atoms with Crippen molar-refractivity contribution in [1.82, 2.24) is 10.2 Å². The Hall–Kier alpha value is -2.31. The zero-order valence-corrected chi connectivity index (χ0v) is 17.1. The third kappa shape index (κ3) is 4.71. The van der Waals surface area contributed by atoms with Crippen LogP contribution < -0.4 is 5.32 Å². The van der Waals surface area contributed by atoms with Crippen LogP contribution in [0.25, 0.3) is 0 Å². The molecule has 0 radical (unpaired) electrons. The summed E-state index contributed by atoms with van der Waals surface area (Å²) in [6, 6.07) is 12.9. The molecule has 160 valence electrons. The standard InChI is InChI=1S/C24H28F2N2O2/c25-20-8-6-18(7-9-20)16-28-12-2-5-22(28)23(29)27-17-24(10-13-30-14-11-24)19-3-1-4-21(26)15-19/h1,3-4,6-9,15,22H,2,5,10-14,16-17H2,(H,27,29)/t22-/m1/s1. The summed E-state index contributed by atoms with van der Waals surface area (Å²) in [6.45, 7) is 3.15. The Morgan fingerprint density at radius 3 is 2.60 bits per heavy atom. The Labute approximate surface area is 176 Å². The fourth-order valence-corrected chi connectivity index (χ4v) is 4.66. The van der Waals surface area contributed by atoms with E-state index >= 15 is 0 Å². The maximum absolute atomic E-state index is 13.9. The highest BCUT2D eigenvalue weighted by molar-refractivity contribution is 5.82. The van der Waals surface area contributed by atoms with Crippen LogP contribution >= 0.6 is 0 Å². The normalized spacial score (nSPS) is 21.5. The van der Waals surface area contributed by atoms with Gasteiger partial charge in [-0.2, -0.15) is 0 Å². The molecule has 2 saturated heterocycles. The lowest BCUT2D eigenvalue weighted by Gasteiger charge is -2.38. The first-order valence-electron chi connectivity index (χ1n) is 10.7. The van der Waals surface area contributed by atoms with Crippen LogP contribution in [0.2, 0.25) is 0 Å². The van der Waals surface area contributed by atoms with Gasteiger partial charge in [-0.3, -0.25) is 9.69 Å². The Balaban J connectivity index is 1.43. The van der Waals surface area contributed by atoms with E-state index in [2.05, 4.69) is 10.2 Å². The summed E-state index contributed by atoms with van der Waals surface area (Å²) in [6.07, 6.45) is 3.27. The molecule has 2 aliphatic rings. The summed E-state index contributed by atoms with van der Waals surface area (Å²) in [5.74, 6) is -0.503. The number of likely N-dealkylation sites (tertiary alicyclic amines) is 1. The predicted octanol–water partition coefficient (Wildman–Crippen LogP) is 3.79. The highest BCUT2D eigenvalue weighted by Gasteiger charge is 2.37. The second kappa shape index (κ2) is 9.23. The number of carbonyl (C=O) groups excluding carboxylic acids is 1. The van der Waals surface area contributed by atoms with Crippen LogP contribution in [0.3, 0.4) is 0 Å². The van der Waals surface area contributed by atoms with Crippen LogP contribution in [-0.4, -0.2) is 43.2 Å². The van der Waals surface area contributed by atoms with Gasteiger partial charge in [0.05, 0.1) is 6.04 Å². The summed E-state index contributed by atoms with van der Waals surface area (Å²) in [7, 11) is 0. The minimum absolute atomic E-state index is 0.0110. The Kier molecular flexibility index (Phi) is 6.44. The number of carbonyl (C=O) groups is 1. The molecule has 2 heterocycles. The van der Waals surface area contributed by atoms with Crippen molar-refractivity contribution in [3.8, 4) is 0 Å². The first-order valence-corrected chi connectivity index (χ1v) is 10.7. The number of hydrogen-bond acceptors (Lipinski definition) is 3. The number of nitrogens with one attached hydrogen (secondary N) is 1. The first kappa shape index (κ1) is 20.9. The van der Waals surface area contributed by atoms with E-state index < -0.39 is 0 Å². The van der Waals surface area contributed by atoms with Crippen molar-refractivity contribution in [2.75, 3.05) is 26.3 Å². The summed E-state index contributed by atoms with van der Waals surface area (Å²) < 4.78 is 32.6. The number of nitrogens with zero attached hydrogens (tertiary/aromatic N) is 1. The van der Waals surface area contributed by atoms with Crippen molar-refractivity contribution in [3.63, 3.8) is 0 Å². The van der Waals surface area contributed by atoms with E-state index in [9.17, 15) is 13.6 Å². The molecule has 1 amide bonds. The van der Waals surface area contributed by atoms with Crippen molar-refractivity contribution in [2.24, 2.45) is 0 Å². The molecule has 30 heavy (non-hydrogen) atoms. The molecule has 0 bridgehead atoms. The molecule has 1 atom stereocenters. The van der Waals surface area contributed by atoms with Gasteiger partial charge in [-0.25, -0.2) is 8.78 Å². The van der Waals surface area contributed by atoms with Crippen molar-refractivity contribution in [1.29, 1.82) is 0 Å². The van der Waals surface area contributed by atoms with Crippen molar-refractivity contribution < 1.29 is 18.3 Å². The van der Waals surface area contributed by atoms with Gasteiger partial charge in [0, 0.05) is 31.7 Å². The number of amides is 1. The SMILES string of the molecule is O=C(NCC1(c2cccc(F)c2)CCOCC1)[C@H]1CCCN1Cc1ccc(F)cc1. The maximum atomic E-state index is 13.9. The van der Waals surface area contributed by atoms with Crippen molar-refractivity contribution in [3.05, 3.63) is 71.3 Å². The van der Waals surface area contributed by atoms with Crippen LogP contribution in [0.15, 0.2) is 48.5 Å². The van der Waals surface area contributed by atoms with Crippen molar-refractivity contribution in [2.45, 2.75) is 43.7 Å². The van der Waals surface area contributed by atoms with Crippen LogP contribution in [0.4, 0.5) is 8.78 Å². The zero-order valence-electron chi connectivity index (χ0n) is 17.1. The van der Waals surface area contributed by atoms with Gasteiger partial charge in [-0.15, -0.1) is 0 Å². The van der Waals surface area contributed by atoms with Gasteiger partial charge in [0.25, 0.3) is 0 Å². The molecule has 1 N–H and O–H groups in total. The minimum atomic E-state index is -0.309. The largest absolute Gasteiger partial charge is 0.381 e. The van der Waals surface area contributed by atoms with Crippen LogP contribution in [0.5, 0.6) is 0 Å². The zero-order chi connectivity index (χ0) is 21.0. The van der Waals surface area contributed by atoms with Gasteiger partial charge in [0.1, 0.15) is 11.6 Å². The molecule has 2 aromatic carbocycles. The van der Waals surface area contributed by atoms with Crippen LogP contribution in [0.1, 0.15) is 36.8 Å². The highest BCUT2D eigenvalue weighted by atomic mass is 19.1. The topological polar surface area (TPSA) is 41.6 Å². The Bertz CT molecular complexity index is 866. The molecule has 2 aromatic rings. The molecule has 2 aliphatic heterocycles. The molecule has 0 unspecified atom stereocenters. The van der Waals surface area contributed by atoms with E-state index in [-0.39, 0.29) is 29.0 Å². The Morgan fingerprint density at radius 2 is 1.87 bits per heavy atom. The van der Waals surface area contributed by atoms with E-state index in [1.165, 1.54) is 18.2 Å². The average molecular weight is 414 g/mol. The number of hydrogen-bond donors (Lipinski definition) is 1. The van der Waals surface area contributed by atoms with E-state index in [1.807, 2.05) is 6.07 Å². The Morgan fingerprint density at radius 1 is 1.10 bits per heavy atom. The molecule has 6 heteroatoms. The van der Waals surface area contributed by atoms with Crippen LogP contribution in [-0.2, 0) is 21.5 Å². The van der Waals surface area contributed by atoms with Gasteiger partial charge in [-0.1, -0.05) is 24.3 Å². The number of ether oxygens (including phenoxy) is 1. The first-order chi connectivity index (χ1) is 14.6. The molecular weight excluding hydrogens is 386 g/mol. The summed E-state index contributed by atoms with van der Waals surface area (Å²) in [5, 5.41) is 3.16. The number of benzene rings is 2. The fraction of sp³-hybridized carbons (Fsp3) is 0.458. The summed E-state index contributed by atoms with van der Waals surface area (Å²) >= 11 is 0. The number of rotatable bonds is 6. The van der Waals surface area contributed by atoms with E-state index in [0.717, 1.165) is 43.4 Å². The van der Waals surface area contributed by atoms with Gasteiger partial charge in [-0.05, 0) is 67.6 Å². The predicted molar refractivity (Wildman–Crippen MR) is 111 cm³/mol. The highest BCUT2D eigenvalue weighted by Crippen LogP contribution is 2.35. The molecule has 0 aromatic heterocycles. The van der Waals surface area contributed by atoms with Gasteiger partial charge >= 0.3 is 0 Å². The third-order valence-corrected chi connectivity index (χ3v) is 6.45. The lowest BCUT2D eigenvalue weighted by atomic mass is 9.74. The van der Waals surface area contributed by atoms with Gasteiger partial charge in [0.2, 0.25) is 5.91 Å². The van der Waals surface area contributed by atoms with E-state index in [0.29, 0.717) is 26.3 Å². The maximum Gasteiger partial charge on any atom is 0.237 e. The fourth-order valence-electron chi connectivity index (χ4n) is 4.66. The lowest BCUT2D eigenvalue weighted by Crippen LogP contribution is -2.49. The molecule has 0 saturated carbocycles. The quantitative estimate of drug-likeness (QED) is 0.782. The minimum Gasteiger partial charge on any atom is -0.381 e. The van der Waals surface area contributed by atoms with E-state index in [1.54, 1.807) is 24.3 Å². The average Bonchev–Trinajstić information content (AvgIpc) is 3.22. The molecule has 0 aliphatic carbocycles. The molecule has 2 fully saturated rings. The third-order valence-electron chi connectivity index (χ3n) is 6.45. The van der Waals surface area contributed by atoms with Gasteiger partial charge < -0.3 is 10.1 Å². The second-order valence-electron chi connectivity index (χ2n) is 8.38. The smallest absolute Gasteiger partial charge is 0.237 e. The van der Waals surface area contributed by atoms with Crippen molar-refractivity contribution >= 4 is 5.91 Å². The molecule has 0 spiro atoms.